The summed E-state index contributed by atoms with van der Waals surface area (Å²) >= 11 is 0. The largest absolute Gasteiger partial charge is 0.345 e. The molecule has 0 bridgehead atoms. The molecule has 0 aromatic rings. The van der Waals surface area contributed by atoms with Gasteiger partial charge in [0.25, 0.3) is 0 Å². The number of carbonyl (C=O) groups is 2. The van der Waals surface area contributed by atoms with E-state index in [1.165, 1.54) is 0 Å². The van der Waals surface area contributed by atoms with Crippen molar-refractivity contribution in [1.82, 2.24) is 15.5 Å². The number of likely N-dealkylation sites (N-methyl/N-ethyl adjacent to an activating group) is 1. The molecule has 2 N–H and O–H groups in total. The Balaban J connectivity index is 2.34. The number of hydrogen-bond acceptors (Lipinski definition) is 3. The van der Waals surface area contributed by atoms with E-state index >= 15 is 0 Å². The fraction of sp³-hybridized carbons (Fsp3) is 0.818. The maximum absolute atomic E-state index is 11.7. The van der Waals surface area contributed by atoms with Crippen LogP contribution < -0.4 is 10.6 Å². The average molecular weight is 227 g/mol. The Bertz CT molecular complexity index is 270. The monoisotopic (exact) mass is 227 g/mol. The van der Waals surface area contributed by atoms with Gasteiger partial charge in [0.05, 0.1) is 12.1 Å². The van der Waals surface area contributed by atoms with E-state index in [1.54, 1.807) is 25.8 Å². The van der Waals surface area contributed by atoms with Crippen LogP contribution in [0.2, 0.25) is 0 Å². The van der Waals surface area contributed by atoms with Crippen molar-refractivity contribution in [2.75, 3.05) is 26.7 Å². The minimum atomic E-state index is -0.634. The van der Waals surface area contributed by atoms with Crippen LogP contribution in [0.1, 0.15) is 26.7 Å². The molecule has 1 saturated heterocycles. The second-order valence-electron chi connectivity index (χ2n) is 4.65. The number of nitrogens with zero attached hydrogens (tertiary/aromatic N) is 1. The Kier molecular flexibility index (Phi) is 4.29. The van der Waals surface area contributed by atoms with Crippen molar-refractivity contribution in [2.45, 2.75) is 32.2 Å². The molecule has 0 spiro atoms. The lowest BCUT2D eigenvalue weighted by atomic mass is 10.1. The first-order chi connectivity index (χ1) is 7.47. The van der Waals surface area contributed by atoms with Crippen molar-refractivity contribution in [3.63, 3.8) is 0 Å². The van der Waals surface area contributed by atoms with Gasteiger partial charge in [-0.15, -0.1) is 0 Å². The highest BCUT2D eigenvalue weighted by molar-refractivity contribution is 5.89. The van der Waals surface area contributed by atoms with Gasteiger partial charge in [-0.2, -0.15) is 0 Å². The van der Waals surface area contributed by atoms with Gasteiger partial charge in [-0.05, 0) is 33.7 Å². The molecule has 0 aromatic heterocycles. The third-order valence-corrected chi connectivity index (χ3v) is 3.05. The van der Waals surface area contributed by atoms with Gasteiger partial charge in [0, 0.05) is 13.1 Å². The van der Waals surface area contributed by atoms with Gasteiger partial charge in [-0.3, -0.25) is 9.59 Å². The number of likely N-dealkylation sites (tertiary alicyclic amines) is 1. The highest BCUT2D eigenvalue weighted by atomic mass is 16.2. The molecule has 0 radical (unpaired) electrons. The molecule has 0 unspecified atom stereocenters. The lowest BCUT2D eigenvalue weighted by Gasteiger charge is -2.23. The van der Waals surface area contributed by atoms with Crippen LogP contribution in [0, 0.1) is 0 Å². The van der Waals surface area contributed by atoms with E-state index < -0.39 is 5.54 Å². The molecule has 16 heavy (non-hydrogen) atoms. The quantitative estimate of drug-likeness (QED) is 0.694. The fourth-order valence-electron chi connectivity index (χ4n) is 1.57. The molecule has 0 aromatic carbocycles. The third kappa shape index (κ3) is 3.20. The van der Waals surface area contributed by atoms with Crippen molar-refractivity contribution >= 4 is 11.8 Å². The van der Waals surface area contributed by atoms with Gasteiger partial charge in [0.2, 0.25) is 11.8 Å². The summed E-state index contributed by atoms with van der Waals surface area (Å²) in [5, 5.41) is 5.56. The summed E-state index contributed by atoms with van der Waals surface area (Å²) in [4.78, 5) is 25.1. The molecule has 0 saturated carbocycles. The first kappa shape index (κ1) is 13.0. The molecule has 1 aliphatic heterocycles. The van der Waals surface area contributed by atoms with E-state index in [1.807, 2.05) is 0 Å². The van der Waals surface area contributed by atoms with E-state index in [-0.39, 0.29) is 18.4 Å². The summed E-state index contributed by atoms with van der Waals surface area (Å²) in [5.41, 5.74) is -0.634. The van der Waals surface area contributed by atoms with Crippen LogP contribution in [0.4, 0.5) is 0 Å². The number of nitrogens with one attached hydrogen (secondary N) is 2. The molecule has 0 atom stereocenters. The summed E-state index contributed by atoms with van der Waals surface area (Å²) < 4.78 is 0. The summed E-state index contributed by atoms with van der Waals surface area (Å²) in [6.45, 7) is 5.31. The van der Waals surface area contributed by atoms with E-state index in [4.69, 9.17) is 0 Å². The summed E-state index contributed by atoms with van der Waals surface area (Å²) in [7, 11) is 1.72. The zero-order valence-electron chi connectivity index (χ0n) is 10.3. The van der Waals surface area contributed by atoms with Crippen molar-refractivity contribution < 1.29 is 9.59 Å². The van der Waals surface area contributed by atoms with E-state index in [9.17, 15) is 9.59 Å². The number of rotatable bonds is 4. The second kappa shape index (κ2) is 5.30. The van der Waals surface area contributed by atoms with Crippen molar-refractivity contribution in [1.29, 1.82) is 0 Å². The highest BCUT2D eigenvalue weighted by Gasteiger charge is 2.26. The molecular formula is C11H21N3O2. The molecule has 5 nitrogen and oxygen atoms in total. The van der Waals surface area contributed by atoms with Gasteiger partial charge >= 0.3 is 0 Å². The predicted octanol–water partition coefficient (Wildman–Crippen LogP) is -0.277. The fourth-order valence-corrected chi connectivity index (χ4v) is 1.57. The number of carbonyl (C=O) groups excluding carboxylic acids is 2. The molecule has 1 rings (SSSR count). The first-order valence-corrected chi connectivity index (χ1v) is 5.72. The van der Waals surface area contributed by atoms with Gasteiger partial charge in [-0.1, -0.05) is 0 Å². The zero-order valence-corrected chi connectivity index (χ0v) is 10.3. The van der Waals surface area contributed by atoms with Crippen LogP contribution in [0.5, 0.6) is 0 Å². The first-order valence-electron chi connectivity index (χ1n) is 5.72. The van der Waals surface area contributed by atoms with Crippen molar-refractivity contribution in [3.05, 3.63) is 0 Å². The summed E-state index contributed by atoms with van der Waals surface area (Å²) in [5.74, 6) is -0.139. The van der Waals surface area contributed by atoms with Gasteiger partial charge in [0.15, 0.2) is 0 Å². The van der Waals surface area contributed by atoms with Crippen LogP contribution in [-0.2, 0) is 9.59 Å². The topological polar surface area (TPSA) is 61.4 Å². The maximum Gasteiger partial charge on any atom is 0.241 e. The Morgan fingerprint density at radius 2 is 1.81 bits per heavy atom. The molecule has 0 aliphatic carbocycles. The molecule has 1 heterocycles. The SMILES string of the molecule is CNC(C)(C)C(=O)NCC(=O)N1CCCC1. The molecule has 1 fully saturated rings. The Hall–Kier alpha value is -1.10. The summed E-state index contributed by atoms with van der Waals surface area (Å²) in [6.07, 6.45) is 2.14. The van der Waals surface area contributed by atoms with Gasteiger partial charge < -0.3 is 15.5 Å². The van der Waals surface area contributed by atoms with Crippen LogP contribution in [0.25, 0.3) is 0 Å². The maximum atomic E-state index is 11.7. The van der Waals surface area contributed by atoms with E-state index in [0.717, 1.165) is 25.9 Å². The van der Waals surface area contributed by atoms with E-state index in [2.05, 4.69) is 10.6 Å². The lowest BCUT2D eigenvalue weighted by Crippen LogP contribution is -2.53. The number of amides is 2. The second-order valence-corrected chi connectivity index (χ2v) is 4.65. The standard InChI is InChI=1S/C11H21N3O2/c1-11(2,12-3)10(16)13-8-9(15)14-6-4-5-7-14/h12H,4-8H2,1-3H3,(H,13,16). The molecule has 92 valence electrons. The Morgan fingerprint density at radius 1 is 1.25 bits per heavy atom. The molecular weight excluding hydrogens is 206 g/mol. The van der Waals surface area contributed by atoms with Gasteiger partial charge in [0.1, 0.15) is 0 Å². The average Bonchev–Trinajstić information content (AvgIpc) is 2.78. The molecule has 1 aliphatic rings. The summed E-state index contributed by atoms with van der Waals surface area (Å²) in [6, 6.07) is 0. The lowest BCUT2D eigenvalue weighted by molar-refractivity contribution is -0.133. The zero-order chi connectivity index (χ0) is 12.2. The molecule has 5 heteroatoms. The van der Waals surface area contributed by atoms with Crippen molar-refractivity contribution in [3.8, 4) is 0 Å². The Labute approximate surface area is 96.6 Å². The van der Waals surface area contributed by atoms with Crippen LogP contribution in [0.3, 0.4) is 0 Å². The normalized spacial score (nSPS) is 16.3. The smallest absolute Gasteiger partial charge is 0.241 e. The van der Waals surface area contributed by atoms with Crippen LogP contribution in [0.15, 0.2) is 0 Å². The minimum Gasteiger partial charge on any atom is -0.345 e. The highest BCUT2D eigenvalue weighted by Crippen LogP contribution is 2.07. The van der Waals surface area contributed by atoms with Crippen molar-refractivity contribution in [2.24, 2.45) is 0 Å². The van der Waals surface area contributed by atoms with Crippen LogP contribution in [-0.4, -0.2) is 48.9 Å². The van der Waals surface area contributed by atoms with Crippen LogP contribution >= 0.6 is 0 Å². The van der Waals surface area contributed by atoms with Gasteiger partial charge in [-0.25, -0.2) is 0 Å². The third-order valence-electron chi connectivity index (χ3n) is 3.05. The minimum absolute atomic E-state index is 0.0118. The molecule has 2 amide bonds. The Morgan fingerprint density at radius 3 is 2.31 bits per heavy atom. The predicted molar refractivity (Wildman–Crippen MR) is 62.0 cm³/mol. The number of hydrogen-bond donors (Lipinski definition) is 2. The van der Waals surface area contributed by atoms with E-state index in [0.29, 0.717) is 0 Å².